The van der Waals surface area contributed by atoms with Gasteiger partial charge in [-0.05, 0) is 28.3 Å². The van der Waals surface area contributed by atoms with E-state index in [0.717, 1.165) is 54.8 Å². The fourth-order valence-electron chi connectivity index (χ4n) is 5.48. The molecule has 0 aliphatic heterocycles. The van der Waals surface area contributed by atoms with Crippen LogP contribution in [0.3, 0.4) is 0 Å². The minimum absolute atomic E-state index is 0.620. The first-order valence-corrected chi connectivity index (χ1v) is 13.0. The van der Waals surface area contributed by atoms with Gasteiger partial charge < -0.3 is 4.42 Å². The lowest BCUT2D eigenvalue weighted by atomic mass is 9.95. The van der Waals surface area contributed by atoms with Crippen LogP contribution in [-0.2, 0) is 0 Å². The van der Waals surface area contributed by atoms with Crippen molar-refractivity contribution < 1.29 is 4.42 Å². The predicted octanol–water partition coefficient (Wildman–Crippen LogP) is 9.08. The largest absolute Gasteiger partial charge is 0.455 e. The normalized spacial score (nSPS) is 11.6. The second kappa shape index (κ2) is 8.61. The number of aromatic nitrogens is 3. The van der Waals surface area contributed by atoms with Gasteiger partial charge in [0.15, 0.2) is 17.5 Å². The maximum Gasteiger partial charge on any atom is 0.164 e. The van der Waals surface area contributed by atoms with Crippen LogP contribution >= 0.6 is 0 Å². The van der Waals surface area contributed by atoms with Crippen LogP contribution in [0.15, 0.2) is 132 Å². The first-order valence-electron chi connectivity index (χ1n) is 13.0. The first kappa shape index (κ1) is 21.7. The maximum atomic E-state index is 6.59. The summed E-state index contributed by atoms with van der Waals surface area (Å²) in [5, 5.41) is 6.58. The molecule has 0 radical (unpaired) electrons. The van der Waals surface area contributed by atoms with Crippen molar-refractivity contribution in [3.05, 3.63) is 127 Å². The molecule has 2 aromatic heterocycles. The smallest absolute Gasteiger partial charge is 0.164 e. The Hall–Kier alpha value is -5.35. The molecule has 0 aliphatic carbocycles. The zero-order valence-electron chi connectivity index (χ0n) is 20.9. The second-order valence-electron chi connectivity index (χ2n) is 9.65. The Kier molecular flexibility index (Phi) is 4.79. The molecule has 4 nitrogen and oxygen atoms in total. The van der Waals surface area contributed by atoms with Gasteiger partial charge in [0.05, 0.1) is 0 Å². The molecule has 4 heteroatoms. The van der Waals surface area contributed by atoms with Crippen molar-refractivity contribution in [2.75, 3.05) is 0 Å². The number of para-hydroxylation sites is 1. The van der Waals surface area contributed by atoms with Crippen LogP contribution in [0.1, 0.15) is 0 Å². The van der Waals surface area contributed by atoms with Crippen LogP contribution in [-0.4, -0.2) is 15.0 Å². The molecule has 0 spiro atoms. The Labute approximate surface area is 224 Å². The molecule has 0 amide bonds. The summed E-state index contributed by atoms with van der Waals surface area (Å²) >= 11 is 0. The van der Waals surface area contributed by atoms with Crippen LogP contribution in [0.2, 0.25) is 0 Å². The first-order chi connectivity index (χ1) is 19.3. The van der Waals surface area contributed by atoms with Gasteiger partial charge in [-0.3, -0.25) is 0 Å². The predicted molar refractivity (Wildman–Crippen MR) is 158 cm³/mol. The van der Waals surface area contributed by atoms with Crippen molar-refractivity contribution in [3.8, 4) is 34.2 Å². The van der Waals surface area contributed by atoms with E-state index in [-0.39, 0.29) is 0 Å². The summed E-state index contributed by atoms with van der Waals surface area (Å²) in [6, 6.07) is 43.3. The van der Waals surface area contributed by atoms with Crippen LogP contribution in [0.25, 0.3) is 77.6 Å². The van der Waals surface area contributed by atoms with Crippen molar-refractivity contribution in [1.29, 1.82) is 0 Å². The summed E-state index contributed by atoms with van der Waals surface area (Å²) in [4.78, 5) is 15.0. The molecule has 0 N–H and O–H groups in total. The van der Waals surface area contributed by atoms with Gasteiger partial charge >= 0.3 is 0 Å². The number of nitrogens with zero attached hydrogens (tertiary/aromatic N) is 3. The highest BCUT2D eigenvalue weighted by molar-refractivity contribution is 6.26. The standard InChI is InChI=1S/C35H21N3O/c1-3-12-23(13-4-1)33-36-34(24-14-5-2-6-15-24)38-35(37-33)28-21-25-20-19-22-11-7-8-16-26(22)30(25)32-31(28)27-17-9-10-18-29(27)39-32/h1-21H. The molecule has 39 heavy (non-hydrogen) atoms. The Morgan fingerprint density at radius 1 is 0.436 bits per heavy atom. The molecule has 6 aromatic carbocycles. The monoisotopic (exact) mass is 499 g/mol. The van der Waals surface area contributed by atoms with Crippen molar-refractivity contribution in [2.45, 2.75) is 0 Å². The van der Waals surface area contributed by atoms with E-state index in [1.165, 1.54) is 5.39 Å². The van der Waals surface area contributed by atoms with Gasteiger partial charge in [-0.1, -0.05) is 115 Å². The van der Waals surface area contributed by atoms with Crippen LogP contribution in [0.4, 0.5) is 0 Å². The molecule has 2 heterocycles. The molecule has 0 saturated heterocycles. The summed E-state index contributed by atoms with van der Waals surface area (Å²) in [5.74, 6) is 1.90. The highest BCUT2D eigenvalue weighted by atomic mass is 16.3. The lowest BCUT2D eigenvalue weighted by molar-refractivity contribution is 0.673. The number of benzene rings is 6. The van der Waals surface area contributed by atoms with Crippen molar-refractivity contribution in [1.82, 2.24) is 15.0 Å². The topological polar surface area (TPSA) is 51.8 Å². The summed E-state index contributed by atoms with van der Waals surface area (Å²) in [5.41, 5.74) is 4.50. The van der Waals surface area contributed by atoms with Crippen LogP contribution in [0, 0.1) is 0 Å². The van der Waals surface area contributed by atoms with E-state index in [2.05, 4.69) is 48.5 Å². The summed E-state index contributed by atoms with van der Waals surface area (Å²) in [6.07, 6.45) is 0. The molecule has 0 fully saturated rings. The number of furan rings is 1. The van der Waals surface area contributed by atoms with E-state index in [4.69, 9.17) is 19.4 Å². The van der Waals surface area contributed by atoms with Crippen molar-refractivity contribution >= 4 is 43.5 Å². The zero-order chi connectivity index (χ0) is 25.8. The minimum Gasteiger partial charge on any atom is -0.455 e. The Bertz CT molecular complexity index is 2110. The van der Waals surface area contributed by atoms with E-state index >= 15 is 0 Å². The minimum atomic E-state index is 0.620. The molecule has 0 unspecified atom stereocenters. The SMILES string of the molecule is c1ccc(-c2nc(-c3ccccc3)nc(-c3cc4ccc5ccccc5c4c4oc5ccccc5c34)n2)cc1. The highest BCUT2D eigenvalue weighted by Gasteiger charge is 2.21. The summed E-state index contributed by atoms with van der Waals surface area (Å²) in [6.45, 7) is 0. The van der Waals surface area contributed by atoms with Gasteiger partial charge in [-0.2, -0.15) is 0 Å². The van der Waals surface area contributed by atoms with Crippen molar-refractivity contribution in [2.24, 2.45) is 0 Å². The van der Waals surface area contributed by atoms with E-state index in [9.17, 15) is 0 Å². The lowest BCUT2D eigenvalue weighted by Gasteiger charge is -2.11. The fraction of sp³-hybridized carbons (Fsp3) is 0. The van der Waals surface area contributed by atoms with Gasteiger partial charge in [0.2, 0.25) is 0 Å². The van der Waals surface area contributed by atoms with Gasteiger partial charge in [-0.15, -0.1) is 0 Å². The number of hydrogen-bond donors (Lipinski definition) is 0. The summed E-state index contributed by atoms with van der Waals surface area (Å²) in [7, 11) is 0. The quantitative estimate of drug-likeness (QED) is 0.228. The molecule has 8 rings (SSSR count). The third-order valence-corrected chi connectivity index (χ3v) is 7.29. The molecular formula is C35H21N3O. The van der Waals surface area contributed by atoms with Crippen LogP contribution < -0.4 is 0 Å². The second-order valence-corrected chi connectivity index (χ2v) is 9.65. The maximum absolute atomic E-state index is 6.59. The van der Waals surface area contributed by atoms with Gasteiger partial charge in [0.1, 0.15) is 11.2 Å². The number of hydrogen-bond acceptors (Lipinski definition) is 4. The number of rotatable bonds is 3. The van der Waals surface area contributed by atoms with Gasteiger partial charge in [0.25, 0.3) is 0 Å². The van der Waals surface area contributed by atoms with Crippen LogP contribution in [0.5, 0.6) is 0 Å². The number of fused-ring (bicyclic) bond motifs is 7. The molecule has 0 atom stereocenters. The van der Waals surface area contributed by atoms with E-state index in [1.807, 2.05) is 78.9 Å². The zero-order valence-corrected chi connectivity index (χ0v) is 20.9. The fourth-order valence-corrected chi connectivity index (χ4v) is 5.48. The molecule has 0 saturated carbocycles. The molecular weight excluding hydrogens is 478 g/mol. The Balaban J connectivity index is 1.51. The van der Waals surface area contributed by atoms with E-state index < -0.39 is 0 Å². The highest BCUT2D eigenvalue weighted by Crippen LogP contribution is 2.43. The molecule has 0 bridgehead atoms. The summed E-state index contributed by atoms with van der Waals surface area (Å²) < 4.78 is 6.59. The average molecular weight is 500 g/mol. The third-order valence-electron chi connectivity index (χ3n) is 7.29. The third kappa shape index (κ3) is 3.50. The Morgan fingerprint density at radius 2 is 1.00 bits per heavy atom. The lowest BCUT2D eigenvalue weighted by Crippen LogP contribution is -2.00. The molecule has 8 aromatic rings. The Morgan fingerprint density at radius 3 is 1.72 bits per heavy atom. The average Bonchev–Trinajstić information content (AvgIpc) is 3.41. The molecule has 182 valence electrons. The van der Waals surface area contributed by atoms with Gasteiger partial charge in [-0.25, -0.2) is 15.0 Å². The van der Waals surface area contributed by atoms with Crippen molar-refractivity contribution in [3.63, 3.8) is 0 Å². The van der Waals surface area contributed by atoms with E-state index in [1.54, 1.807) is 0 Å². The van der Waals surface area contributed by atoms with E-state index in [0.29, 0.717) is 17.5 Å². The van der Waals surface area contributed by atoms with Gasteiger partial charge in [0, 0.05) is 32.8 Å². The molecule has 0 aliphatic rings.